The predicted molar refractivity (Wildman–Crippen MR) is 98.0 cm³/mol. The van der Waals surface area contributed by atoms with Gasteiger partial charge in [0.1, 0.15) is 24.3 Å². The van der Waals surface area contributed by atoms with Gasteiger partial charge in [-0.25, -0.2) is 9.38 Å². The lowest BCUT2D eigenvalue weighted by Gasteiger charge is -2.35. The van der Waals surface area contributed by atoms with Gasteiger partial charge in [-0.3, -0.25) is 10.4 Å². The first-order valence-corrected chi connectivity index (χ1v) is 8.74. The average Bonchev–Trinajstić information content (AvgIpc) is 2.63. The van der Waals surface area contributed by atoms with Gasteiger partial charge < -0.3 is 20.1 Å². The maximum Gasteiger partial charge on any atom is 0.194 e. The van der Waals surface area contributed by atoms with Crippen LogP contribution < -0.4 is 15.9 Å². The van der Waals surface area contributed by atoms with Crippen molar-refractivity contribution >= 4 is 17.9 Å². The summed E-state index contributed by atoms with van der Waals surface area (Å²) < 4.78 is 25.2. The van der Waals surface area contributed by atoms with E-state index in [-0.39, 0.29) is 11.9 Å². The Morgan fingerprint density at radius 2 is 2.12 bits per heavy atom. The van der Waals surface area contributed by atoms with Crippen molar-refractivity contribution in [1.29, 1.82) is 0 Å². The smallest absolute Gasteiger partial charge is 0.194 e. The van der Waals surface area contributed by atoms with E-state index in [0.29, 0.717) is 37.6 Å². The van der Waals surface area contributed by atoms with Crippen molar-refractivity contribution in [1.82, 2.24) is 4.90 Å². The second-order valence-corrected chi connectivity index (χ2v) is 6.59. The molecule has 2 atom stereocenters. The molecule has 2 heterocycles. The Morgan fingerprint density at radius 3 is 2.77 bits per heavy atom. The first-order valence-electron chi connectivity index (χ1n) is 8.74. The Morgan fingerprint density at radius 1 is 1.38 bits per heavy atom. The number of hydrogen-bond acceptors (Lipinski definition) is 6. The molecule has 7 nitrogen and oxygen atoms in total. The number of nitrogens with two attached hydrogens (primary N) is 2. The van der Waals surface area contributed by atoms with Gasteiger partial charge >= 0.3 is 0 Å². The molecule has 2 unspecified atom stereocenters. The number of nitrogens with zero attached hydrogens (tertiary/aromatic N) is 3. The quantitative estimate of drug-likeness (QED) is 0.727. The maximum absolute atomic E-state index is 14.4. The molecule has 3 rings (SSSR count). The van der Waals surface area contributed by atoms with Crippen LogP contribution in [0.15, 0.2) is 28.2 Å². The minimum atomic E-state index is -0.569. The molecular formula is C18H25FN5O2+. The largest absolute Gasteiger partial charge is 0.488 e. The topological polar surface area (TPSA) is 98.0 Å². The van der Waals surface area contributed by atoms with Gasteiger partial charge in [0, 0.05) is 18.7 Å². The van der Waals surface area contributed by atoms with Gasteiger partial charge in [-0.2, -0.15) is 0 Å². The zero-order valence-corrected chi connectivity index (χ0v) is 15.1. The van der Waals surface area contributed by atoms with E-state index in [1.807, 2.05) is 13.8 Å². The van der Waals surface area contributed by atoms with E-state index >= 15 is 0 Å². The summed E-state index contributed by atoms with van der Waals surface area (Å²) in [6.45, 7) is 6.34. The normalized spacial score (nSPS) is 23.1. The van der Waals surface area contributed by atoms with Crippen molar-refractivity contribution in [2.45, 2.75) is 26.1 Å². The van der Waals surface area contributed by atoms with Gasteiger partial charge in [0.05, 0.1) is 19.3 Å². The van der Waals surface area contributed by atoms with Crippen molar-refractivity contribution in [2.75, 3.05) is 26.3 Å². The van der Waals surface area contributed by atoms with Crippen LogP contribution in [-0.4, -0.2) is 61.4 Å². The summed E-state index contributed by atoms with van der Waals surface area (Å²) in [5.74, 6) is 0.0621. The summed E-state index contributed by atoms with van der Waals surface area (Å²) in [6.07, 6.45) is 0.775. The van der Waals surface area contributed by atoms with E-state index in [2.05, 4.69) is 14.9 Å². The summed E-state index contributed by atoms with van der Waals surface area (Å²) in [6, 6.07) is 4.69. The molecule has 0 radical (unpaired) electrons. The molecule has 140 valence electrons. The zero-order chi connectivity index (χ0) is 18.7. The third kappa shape index (κ3) is 3.91. The predicted octanol–water partition coefficient (Wildman–Crippen LogP) is -0.165. The van der Waals surface area contributed by atoms with Crippen molar-refractivity contribution in [2.24, 2.45) is 21.6 Å². The molecule has 1 saturated heterocycles. The van der Waals surface area contributed by atoms with Gasteiger partial charge in [0.25, 0.3) is 0 Å². The molecule has 26 heavy (non-hydrogen) atoms. The number of halogens is 1. The molecule has 0 amide bonds. The molecule has 8 heteroatoms. The monoisotopic (exact) mass is 362 g/mol. The number of benzene rings is 1. The van der Waals surface area contributed by atoms with Crippen LogP contribution in [0.3, 0.4) is 0 Å². The fraction of sp³-hybridized carbons (Fsp3) is 0.500. The first kappa shape index (κ1) is 18.5. The summed E-state index contributed by atoms with van der Waals surface area (Å²) in [5, 5.41) is 6.39. The summed E-state index contributed by atoms with van der Waals surface area (Å²) in [7, 11) is 0. The van der Waals surface area contributed by atoms with Gasteiger partial charge in [-0.15, -0.1) is 0 Å². The fourth-order valence-electron chi connectivity index (χ4n) is 3.09. The minimum absolute atomic E-state index is 0.113. The van der Waals surface area contributed by atoms with E-state index in [0.717, 1.165) is 5.84 Å². The van der Waals surface area contributed by atoms with Crippen LogP contribution in [0.5, 0.6) is 5.75 Å². The molecule has 0 bridgehead atoms. The second-order valence-electron chi connectivity index (χ2n) is 6.59. The SMILES string of the molecule is CC(C)Oc1ccc(C(=[NH2+])C2C(N3CCOCC3)=NC=NC2N)cc1F. The van der Waals surface area contributed by atoms with Crippen molar-refractivity contribution in [3.63, 3.8) is 0 Å². The lowest BCUT2D eigenvalue weighted by atomic mass is 9.91. The zero-order valence-electron chi connectivity index (χ0n) is 15.1. The van der Waals surface area contributed by atoms with Crippen LogP contribution >= 0.6 is 0 Å². The highest BCUT2D eigenvalue weighted by molar-refractivity contribution is 6.14. The minimum Gasteiger partial charge on any atom is -0.488 e. The van der Waals surface area contributed by atoms with Crippen molar-refractivity contribution < 1.29 is 19.3 Å². The lowest BCUT2D eigenvalue weighted by Crippen LogP contribution is -2.58. The van der Waals surface area contributed by atoms with Gasteiger partial charge in [-0.1, -0.05) is 0 Å². The Labute approximate surface area is 152 Å². The van der Waals surface area contributed by atoms with E-state index in [1.165, 1.54) is 12.4 Å². The molecule has 0 aromatic heterocycles. The third-order valence-corrected chi connectivity index (χ3v) is 4.35. The molecule has 2 aliphatic heterocycles. The van der Waals surface area contributed by atoms with Gasteiger partial charge in [-0.05, 0) is 32.0 Å². The molecule has 4 N–H and O–H groups in total. The highest BCUT2D eigenvalue weighted by Crippen LogP contribution is 2.23. The number of aliphatic imine (C=N–C) groups is 2. The Bertz CT molecular complexity index is 728. The Kier molecular flexibility index (Phi) is 5.63. The maximum atomic E-state index is 14.4. The highest BCUT2D eigenvalue weighted by atomic mass is 19.1. The van der Waals surface area contributed by atoms with Crippen LogP contribution in [0, 0.1) is 11.7 Å². The lowest BCUT2D eigenvalue weighted by molar-refractivity contribution is -0.117. The Hall–Kier alpha value is -2.32. The van der Waals surface area contributed by atoms with Gasteiger partial charge in [0.15, 0.2) is 17.3 Å². The summed E-state index contributed by atoms with van der Waals surface area (Å²) in [4.78, 5) is 10.7. The first-order chi connectivity index (χ1) is 12.5. The third-order valence-electron chi connectivity index (χ3n) is 4.35. The van der Waals surface area contributed by atoms with Gasteiger partial charge in [0.2, 0.25) is 0 Å². The molecule has 1 aromatic carbocycles. The average molecular weight is 362 g/mol. The van der Waals surface area contributed by atoms with E-state index < -0.39 is 17.9 Å². The fourth-order valence-corrected chi connectivity index (χ4v) is 3.09. The van der Waals surface area contributed by atoms with E-state index in [9.17, 15) is 4.39 Å². The number of morpholine rings is 1. The van der Waals surface area contributed by atoms with Crippen molar-refractivity contribution in [3.8, 4) is 5.75 Å². The van der Waals surface area contributed by atoms with Crippen LogP contribution in [0.2, 0.25) is 0 Å². The Balaban J connectivity index is 1.85. The van der Waals surface area contributed by atoms with Crippen LogP contribution in [0.4, 0.5) is 4.39 Å². The molecule has 0 saturated carbocycles. The molecular weight excluding hydrogens is 337 g/mol. The molecule has 2 aliphatic rings. The molecule has 1 fully saturated rings. The highest BCUT2D eigenvalue weighted by Gasteiger charge is 2.37. The second kappa shape index (κ2) is 7.92. The molecule has 0 aliphatic carbocycles. The van der Waals surface area contributed by atoms with Crippen LogP contribution in [0.25, 0.3) is 0 Å². The number of hydrogen-bond donors (Lipinski definition) is 2. The summed E-state index contributed by atoms with van der Waals surface area (Å²) in [5.41, 5.74) is 7.18. The van der Waals surface area contributed by atoms with Crippen molar-refractivity contribution in [3.05, 3.63) is 29.6 Å². The number of rotatable bonds is 4. The number of ether oxygens (including phenoxy) is 2. The summed E-state index contributed by atoms with van der Waals surface area (Å²) >= 11 is 0. The van der Waals surface area contributed by atoms with Crippen LogP contribution in [-0.2, 0) is 4.74 Å². The van der Waals surface area contributed by atoms with E-state index in [4.69, 9.17) is 20.6 Å². The standard InChI is InChI=1S/C18H24FN5O2/c1-11(2)26-14-4-3-12(9-13(14)19)16(20)15-17(21)22-10-23-18(15)24-5-7-25-8-6-24/h3-4,9-11,15,17,20H,5-8,21H2,1-2H3/p+1. The molecule has 0 spiro atoms. The molecule has 1 aromatic rings. The number of amidine groups is 1. The van der Waals surface area contributed by atoms with Crippen LogP contribution in [0.1, 0.15) is 19.4 Å². The van der Waals surface area contributed by atoms with E-state index in [1.54, 1.807) is 12.1 Å².